The number of hydrogen-bond donors (Lipinski definition) is 1. The van der Waals surface area contributed by atoms with Gasteiger partial charge in [-0.15, -0.1) is 0 Å². The molecular weight excluding hydrogens is 533 g/mol. The third-order valence-electron chi connectivity index (χ3n) is 6.56. The first-order valence-electron chi connectivity index (χ1n) is 12.2. The van der Waals surface area contributed by atoms with Gasteiger partial charge in [0.15, 0.2) is 0 Å². The second-order valence-corrected chi connectivity index (χ2v) is 11.5. The van der Waals surface area contributed by atoms with E-state index in [9.17, 15) is 18.0 Å². The minimum Gasteiger partial charge on any atom is -0.355 e. The zero-order valence-electron chi connectivity index (χ0n) is 20.7. The van der Waals surface area contributed by atoms with Crippen LogP contribution in [0.4, 0.5) is 5.69 Å². The first-order chi connectivity index (χ1) is 17.7. The number of sulfonamides is 1. The minimum absolute atomic E-state index is 0.0519. The van der Waals surface area contributed by atoms with Crippen LogP contribution in [0.15, 0.2) is 59.5 Å². The van der Waals surface area contributed by atoms with Gasteiger partial charge >= 0.3 is 0 Å². The Labute approximate surface area is 227 Å². The first-order valence-corrected chi connectivity index (χ1v) is 14.4. The summed E-state index contributed by atoms with van der Waals surface area (Å²) < 4.78 is 27.9. The van der Waals surface area contributed by atoms with Gasteiger partial charge in [-0.1, -0.05) is 60.5 Å². The maximum Gasteiger partial charge on any atom is 0.265 e. The molecule has 196 valence electrons. The lowest BCUT2D eigenvalue weighted by Crippen LogP contribution is -2.49. The van der Waals surface area contributed by atoms with E-state index in [1.807, 2.05) is 32.0 Å². The number of carbonyl (C=O) groups is 2. The Morgan fingerprint density at radius 3 is 2.30 bits per heavy atom. The molecule has 0 saturated heterocycles. The van der Waals surface area contributed by atoms with Crippen molar-refractivity contribution in [3.05, 3.63) is 70.2 Å². The number of halogens is 2. The van der Waals surface area contributed by atoms with Crippen LogP contribution < -0.4 is 9.62 Å². The normalized spacial score (nSPS) is 14.5. The highest BCUT2D eigenvalue weighted by Gasteiger charge is 2.35. The van der Waals surface area contributed by atoms with E-state index in [1.54, 1.807) is 36.4 Å². The number of rotatable bonds is 10. The largest absolute Gasteiger partial charge is 0.355 e. The molecule has 0 radical (unpaired) electrons. The molecule has 10 heteroatoms. The van der Waals surface area contributed by atoms with E-state index in [0.29, 0.717) is 39.6 Å². The molecule has 1 aliphatic heterocycles. The molecule has 3 aromatic rings. The van der Waals surface area contributed by atoms with Crippen LogP contribution in [0, 0.1) is 0 Å². The van der Waals surface area contributed by atoms with Crippen molar-refractivity contribution in [1.29, 1.82) is 0 Å². The van der Waals surface area contributed by atoms with Gasteiger partial charge in [0.05, 0.1) is 10.6 Å². The lowest BCUT2D eigenvalue weighted by Gasteiger charge is -2.31. The highest BCUT2D eigenvalue weighted by Crippen LogP contribution is 2.42. The Morgan fingerprint density at radius 2 is 1.65 bits per heavy atom. The van der Waals surface area contributed by atoms with Gasteiger partial charge < -0.3 is 10.2 Å². The molecule has 3 aromatic carbocycles. The molecule has 37 heavy (non-hydrogen) atoms. The van der Waals surface area contributed by atoms with Crippen LogP contribution in [-0.2, 0) is 26.2 Å². The van der Waals surface area contributed by atoms with E-state index < -0.39 is 16.1 Å². The SMILES string of the molecule is CCNC(=O)C(CC)N(Cc1c(Cl)cccc1Cl)C(=O)CCCN1c2cccc3cccc(c23)S1(=O)=O. The lowest BCUT2D eigenvalue weighted by atomic mass is 10.1. The Morgan fingerprint density at radius 1 is 1.00 bits per heavy atom. The first kappa shape index (κ1) is 27.2. The summed E-state index contributed by atoms with van der Waals surface area (Å²) in [6.45, 7) is 4.29. The number of benzene rings is 3. The van der Waals surface area contributed by atoms with Crippen LogP contribution in [0.5, 0.6) is 0 Å². The van der Waals surface area contributed by atoms with Gasteiger partial charge in [0.25, 0.3) is 10.0 Å². The number of anilines is 1. The minimum atomic E-state index is -3.71. The molecule has 0 fully saturated rings. The van der Waals surface area contributed by atoms with E-state index in [4.69, 9.17) is 23.2 Å². The molecule has 1 unspecified atom stereocenters. The maximum atomic E-state index is 13.5. The maximum absolute atomic E-state index is 13.5. The molecule has 1 N–H and O–H groups in total. The molecular formula is C27H29Cl2N3O4S. The number of amides is 2. The van der Waals surface area contributed by atoms with Crippen molar-refractivity contribution < 1.29 is 18.0 Å². The van der Waals surface area contributed by atoms with Crippen LogP contribution in [0.25, 0.3) is 10.8 Å². The van der Waals surface area contributed by atoms with Gasteiger partial charge in [0, 0.05) is 47.1 Å². The van der Waals surface area contributed by atoms with Crippen molar-refractivity contribution in [3.8, 4) is 0 Å². The van der Waals surface area contributed by atoms with E-state index >= 15 is 0 Å². The van der Waals surface area contributed by atoms with E-state index in [1.165, 1.54) is 9.21 Å². The molecule has 0 aliphatic carbocycles. The van der Waals surface area contributed by atoms with Gasteiger partial charge in [-0.05, 0) is 49.4 Å². The van der Waals surface area contributed by atoms with E-state index in [-0.39, 0.29) is 42.6 Å². The smallest absolute Gasteiger partial charge is 0.265 e. The molecule has 1 aliphatic rings. The van der Waals surface area contributed by atoms with E-state index in [2.05, 4.69) is 5.32 Å². The average Bonchev–Trinajstić information content (AvgIpc) is 3.09. The van der Waals surface area contributed by atoms with Gasteiger partial charge in [0.1, 0.15) is 6.04 Å². The molecule has 0 aromatic heterocycles. The molecule has 2 amide bonds. The van der Waals surface area contributed by atoms with Gasteiger partial charge in [-0.2, -0.15) is 0 Å². The van der Waals surface area contributed by atoms with Crippen LogP contribution in [-0.4, -0.2) is 44.3 Å². The fraction of sp³-hybridized carbons (Fsp3) is 0.333. The van der Waals surface area contributed by atoms with Crippen molar-refractivity contribution in [3.63, 3.8) is 0 Å². The Hall–Kier alpha value is -2.81. The summed E-state index contributed by atoms with van der Waals surface area (Å²) in [6, 6.07) is 15.1. The van der Waals surface area contributed by atoms with Crippen molar-refractivity contribution in [2.75, 3.05) is 17.4 Å². The third kappa shape index (κ3) is 5.28. The number of carbonyl (C=O) groups excluding carboxylic acids is 2. The summed E-state index contributed by atoms with van der Waals surface area (Å²) in [7, 11) is -3.71. The molecule has 0 saturated carbocycles. The summed E-state index contributed by atoms with van der Waals surface area (Å²) in [4.78, 5) is 28.1. The molecule has 1 atom stereocenters. The summed E-state index contributed by atoms with van der Waals surface area (Å²) in [5.74, 6) is -0.535. The number of nitrogens with zero attached hydrogens (tertiary/aromatic N) is 2. The monoisotopic (exact) mass is 561 g/mol. The summed E-state index contributed by atoms with van der Waals surface area (Å²) in [5.41, 5.74) is 1.18. The van der Waals surface area contributed by atoms with Gasteiger partial charge in [0.2, 0.25) is 11.8 Å². The average molecular weight is 563 g/mol. The molecule has 0 bridgehead atoms. The lowest BCUT2D eigenvalue weighted by molar-refractivity contribution is -0.141. The molecule has 4 rings (SSSR count). The summed E-state index contributed by atoms with van der Waals surface area (Å²) in [6.07, 6.45) is 0.731. The Balaban J connectivity index is 1.55. The topological polar surface area (TPSA) is 86.8 Å². The predicted octanol–water partition coefficient (Wildman–Crippen LogP) is 5.38. The fourth-order valence-corrected chi connectivity index (χ4v) is 7.05. The molecule has 1 heterocycles. The molecule has 7 nitrogen and oxygen atoms in total. The van der Waals surface area contributed by atoms with Crippen LogP contribution in [0.1, 0.15) is 38.7 Å². The summed E-state index contributed by atoms with van der Waals surface area (Å²) in [5, 5.41) is 5.17. The summed E-state index contributed by atoms with van der Waals surface area (Å²) >= 11 is 12.8. The highest BCUT2D eigenvalue weighted by atomic mass is 35.5. The fourth-order valence-electron chi connectivity index (χ4n) is 4.78. The number of hydrogen-bond acceptors (Lipinski definition) is 4. The van der Waals surface area contributed by atoms with Crippen molar-refractivity contribution in [2.45, 2.75) is 50.6 Å². The van der Waals surface area contributed by atoms with Crippen molar-refractivity contribution in [1.82, 2.24) is 10.2 Å². The Bertz CT molecular complexity index is 1420. The zero-order chi connectivity index (χ0) is 26.7. The number of nitrogens with one attached hydrogen (secondary N) is 1. The van der Waals surface area contributed by atoms with Crippen LogP contribution >= 0.6 is 23.2 Å². The van der Waals surface area contributed by atoms with Crippen LogP contribution in [0.2, 0.25) is 10.0 Å². The quantitative estimate of drug-likeness (QED) is 0.360. The predicted molar refractivity (Wildman–Crippen MR) is 147 cm³/mol. The van der Waals surface area contributed by atoms with Gasteiger partial charge in [-0.25, -0.2) is 8.42 Å². The standard InChI is InChI=1S/C27H29Cl2N3O4S/c1-3-22(27(34)30-4-2)31(17-19-20(28)11-7-12-21(19)29)25(33)15-8-16-32-23-13-5-9-18-10-6-14-24(26(18)23)37(32,35)36/h5-7,9-14,22H,3-4,8,15-17H2,1-2H3,(H,30,34). The van der Waals surface area contributed by atoms with Crippen LogP contribution in [0.3, 0.4) is 0 Å². The van der Waals surface area contributed by atoms with E-state index in [0.717, 1.165) is 5.39 Å². The molecule has 0 spiro atoms. The highest BCUT2D eigenvalue weighted by molar-refractivity contribution is 7.93. The van der Waals surface area contributed by atoms with Gasteiger partial charge in [-0.3, -0.25) is 13.9 Å². The van der Waals surface area contributed by atoms with Crippen molar-refractivity contribution >= 4 is 61.5 Å². The zero-order valence-corrected chi connectivity index (χ0v) is 23.0. The second kappa shape index (κ2) is 11.3. The van der Waals surface area contributed by atoms with Crippen molar-refractivity contribution in [2.24, 2.45) is 0 Å². The Kier molecular flexibility index (Phi) is 8.31. The number of likely N-dealkylation sites (N-methyl/N-ethyl adjacent to an activating group) is 1. The third-order valence-corrected chi connectivity index (χ3v) is 9.12. The second-order valence-electron chi connectivity index (χ2n) is 8.85.